The third-order valence-electron chi connectivity index (χ3n) is 6.34. The van der Waals surface area contributed by atoms with Crippen molar-refractivity contribution in [1.29, 1.82) is 0 Å². The molecule has 1 spiro atoms. The first-order valence-electron chi connectivity index (χ1n) is 9.95. The molecule has 0 aromatic carbocycles. The number of fused-ring (bicyclic) bond motifs is 3. The predicted octanol–water partition coefficient (Wildman–Crippen LogP) is 4.47. The van der Waals surface area contributed by atoms with E-state index in [1.54, 1.807) is 14.2 Å². The first kappa shape index (κ1) is 29.2. The average Bonchev–Trinajstić information content (AvgIpc) is 3.55. The van der Waals surface area contributed by atoms with Gasteiger partial charge in [0.1, 0.15) is 6.10 Å². The Labute approximate surface area is 218 Å². The summed E-state index contributed by atoms with van der Waals surface area (Å²) in [5.74, 6) is 6.43. The van der Waals surface area contributed by atoms with E-state index < -0.39 is 30.1 Å². The fourth-order valence-electron chi connectivity index (χ4n) is 4.91. The Morgan fingerprint density at radius 3 is 1.60 bits per heavy atom. The number of thioether (sulfide) groups is 2. The fourth-order valence-corrected chi connectivity index (χ4v) is 8.63. The average molecular weight is 756 g/mol. The van der Waals surface area contributed by atoms with Crippen LogP contribution in [0.25, 0.3) is 0 Å². The molecular weight excluding hydrogens is 724 g/mol. The van der Waals surface area contributed by atoms with Gasteiger partial charge in [-0.15, -0.1) is 23.5 Å². The molecule has 4 nitrogen and oxygen atoms in total. The maximum atomic E-state index is 9.84. The third kappa shape index (κ3) is 7.03. The summed E-state index contributed by atoms with van der Waals surface area (Å²) in [5.41, 5.74) is 0. The quantitative estimate of drug-likeness (QED) is 0.194. The second-order valence-electron chi connectivity index (χ2n) is 7.89. The number of ether oxygens (including phenoxy) is 2. The van der Waals surface area contributed by atoms with Gasteiger partial charge in [0, 0.05) is 31.6 Å². The fraction of sp³-hybridized carbons (Fsp3) is 1.00. The van der Waals surface area contributed by atoms with Gasteiger partial charge >= 0.3 is 43.7 Å². The van der Waals surface area contributed by atoms with Gasteiger partial charge in [-0.05, 0) is 54.9 Å². The van der Waals surface area contributed by atoms with Crippen LogP contribution >= 0.6 is 74.3 Å². The van der Waals surface area contributed by atoms with E-state index in [2.05, 4.69) is 25.3 Å². The van der Waals surface area contributed by atoms with Gasteiger partial charge in [0.15, 0.2) is 5.79 Å². The molecule has 2 unspecified atom stereocenters. The SMILES string of the molecule is COC1(OC)C(O)C[C@H]2C[C@H]21.OC1C[C@H]2C[C@H]2C12SCCS2.SCCS.[Cl][Bi]([Cl])[Cl]. The van der Waals surface area contributed by atoms with E-state index in [-0.39, 0.29) is 10.2 Å². The van der Waals surface area contributed by atoms with Crippen molar-refractivity contribution in [3.8, 4) is 0 Å². The van der Waals surface area contributed by atoms with Gasteiger partial charge in [0.05, 0.1) is 10.2 Å². The molecule has 4 saturated carbocycles. The molecule has 5 rings (SSSR count). The van der Waals surface area contributed by atoms with E-state index in [4.69, 9.17) is 35.0 Å². The van der Waals surface area contributed by atoms with Crippen molar-refractivity contribution in [2.45, 2.75) is 47.8 Å². The van der Waals surface area contributed by atoms with E-state index in [1.165, 1.54) is 17.9 Å². The van der Waals surface area contributed by atoms with Crippen LogP contribution in [0.3, 0.4) is 0 Å². The topological polar surface area (TPSA) is 58.9 Å². The van der Waals surface area contributed by atoms with Gasteiger partial charge in [-0.1, -0.05) is 0 Å². The summed E-state index contributed by atoms with van der Waals surface area (Å²) in [5, 5.41) is 19.4. The number of hydrogen-bond donors (Lipinski definition) is 4. The molecule has 0 aromatic heterocycles. The monoisotopic (exact) mass is 754 g/mol. The molecule has 5 fully saturated rings. The zero-order chi connectivity index (χ0) is 22.5. The molecule has 1 saturated heterocycles. The molecule has 6 atom stereocenters. The van der Waals surface area contributed by atoms with E-state index in [1.807, 2.05) is 23.5 Å². The Morgan fingerprint density at radius 2 is 1.30 bits per heavy atom. The van der Waals surface area contributed by atoms with Crippen molar-refractivity contribution in [1.82, 2.24) is 0 Å². The molecule has 30 heavy (non-hydrogen) atoms. The summed E-state index contributed by atoms with van der Waals surface area (Å²) in [4.78, 5) is 0. The van der Waals surface area contributed by atoms with Crippen molar-refractivity contribution >= 4 is 92.5 Å². The van der Waals surface area contributed by atoms with E-state index in [0.29, 0.717) is 11.8 Å². The Bertz CT molecular complexity index is 493. The standard InChI is InChI=1S/C8H14O3.C8H12OS2.C2H6S2.Bi.3ClH/c1-10-8(11-2)6-3-5(6)4-7(8)9;9-7-4-5-3-6(5)8(7)10-1-2-11-8;3-1-2-4;;;;/h5-7,9H,3-4H2,1-2H3;5-7,9H,1-4H2;3-4H,1-2H2;;3*1H/q;;;+3;;;/p-3/t2*5-,6-,7?;;;;;/m11...../s1. The molecule has 0 radical (unpaired) electrons. The Morgan fingerprint density at radius 1 is 0.867 bits per heavy atom. The predicted molar refractivity (Wildman–Crippen MR) is 140 cm³/mol. The maximum absolute atomic E-state index is 9.84. The number of methoxy groups -OCH3 is 2. The van der Waals surface area contributed by atoms with Crippen LogP contribution in [0.2, 0.25) is 0 Å². The molecule has 12 heteroatoms. The molecule has 2 N–H and O–H groups in total. The van der Waals surface area contributed by atoms with Gasteiger partial charge in [-0.25, -0.2) is 0 Å². The number of rotatable bonds is 3. The number of aliphatic hydroxyl groups excluding tert-OH is 2. The summed E-state index contributed by atoms with van der Waals surface area (Å²) >= 11 is 9.56. The van der Waals surface area contributed by atoms with E-state index in [9.17, 15) is 10.2 Å². The molecule has 1 aliphatic heterocycles. The number of thiol groups is 2. The van der Waals surface area contributed by atoms with Crippen molar-refractivity contribution in [3.05, 3.63) is 0 Å². The summed E-state index contributed by atoms with van der Waals surface area (Å²) in [6.45, 7) is 0. The zero-order valence-electron chi connectivity index (χ0n) is 17.1. The molecule has 5 aliphatic rings. The second kappa shape index (κ2) is 13.3. The number of halogens is 3. The molecular formula is C18H32BiCl3O4S4. The zero-order valence-corrected chi connectivity index (χ0v) is 26.3. The van der Waals surface area contributed by atoms with Crippen LogP contribution in [0, 0.1) is 23.7 Å². The van der Waals surface area contributed by atoms with Crippen LogP contribution in [-0.2, 0) is 9.47 Å². The molecule has 178 valence electrons. The van der Waals surface area contributed by atoms with Crippen LogP contribution in [0.5, 0.6) is 0 Å². The van der Waals surface area contributed by atoms with E-state index in [0.717, 1.165) is 42.6 Å². The van der Waals surface area contributed by atoms with Crippen LogP contribution in [0.4, 0.5) is 0 Å². The van der Waals surface area contributed by atoms with Crippen molar-refractivity contribution in [2.75, 3.05) is 37.2 Å². The van der Waals surface area contributed by atoms with Crippen molar-refractivity contribution in [2.24, 2.45) is 23.7 Å². The Hall–Kier alpha value is 2.99. The molecule has 0 aromatic rings. The summed E-state index contributed by atoms with van der Waals surface area (Å²) in [6, 6.07) is 0. The summed E-state index contributed by atoms with van der Waals surface area (Å²) in [7, 11) is 18.2. The Balaban J connectivity index is 0.000000160. The van der Waals surface area contributed by atoms with Crippen LogP contribution in [0.1, 0.15) is 25.7 Å². The van der Waals surface area contributed by atoms with Crippen molar-refractivity contribution in [3.63, 3.8) is 0 Å². The van der Waals surface area contributed by atoms with Gasteiger partial charge in [0.25, 0.3) is 0 Å². The van der Waals surface area contributed by atoms with Crippen LogP contribution < -0.4 is 0 Å². The third-order valence-corrected chi connectivity index (χ3v) is 11.0. The minimum atomic E-state index is -2.18. The van der Waals surface area contributed by atoms with E-state index >= 15 is 0 Å². The van der Waals surface area contributed by atoms with Crippen LogP contribution in [-0.4, -0.2) is 87.7 Å². The number of hydrogen-bond acceptors (Lipinski definition) is 8. The molecule has 0 bridgehead atoms. The minimum absolute atomic E-state index is 0.00347. The normalized spacial score (nSPS) is 37.8. The molecule has 0 amide bonds. The van der Waals surface area contributed by atoms with Gasteiger partial charge in [-0.2, -0.15) is 25.3 Å². The first-order valence-corrected chi connectivity index (χ1v) is 26.0. The second-order valence-corrected chi connectivity index (χ2v) is 26.7. The number of aliphatic hydroxyl groups is 2. The van der Waals surface area contributed by atoms with Crippen LogP contribution in [0.15, 0.2) is 0 Å². The molecule has 4 aliphatic carbocycles. The first-order chi connectivity index (χ1) is 14.2. The summed E-state index contributed by atoms with van der Waals surface area (Å²) < 4.78 is 10.8. The van der Waals surface area contributed by atoms with Crippen molar-refractivity contribution < 1.29 is 19.7 Å². The Kier molecular flexibility index (Phi) is 13.0. The summed E-state index contributed by atoms with van der Waals surface area (Å²) in [6.07, 6.45) is 4.05. The van der Waals surface area contributed by atoms with Gasteiger partial charge < -0.3 is 19.7 Å². The van der Waals surface area contributed by atoms with Gasteiger partial charge in [0.2, 0.25) is 0 Å². The van der Waals surface area contributed by atoms with Gasteiger partial charge in [-0.3, -0.25) is 0 Å². The molecule has 1 heterocycles.